The summed E-state index contributed by atoms with van der Waals surface area (Å²) in [5.74, 6) is 0.544. The third-order valence-electron chi connectivity index (χ3n) is 6.13. The molecule has 2 atom stereocenters. The number of ether oxygens (including phenoxy) is 2. The molecule has 0 saturated heterocycles. The van der Waals surface area contributed by atoms with Crippen molar-refractivity contribution in [3.05, 3.63) is 59.4 Å². The van der Waals surface area contributed by atoms with Gasteiger partial charge in [-0.25, -0.2) is 4.79 Å². The number of benzene rings is 1. The fourth-order valence-electron chi connectivity index (χ4n) is 4.01. The summed E-state index contributed by atoms with van der Waals surface area (Å²) in [5, 5.41) is 11.9. The van der Waals surface area contributed by atoms with Crippen molar-refractivity contribution in [1.29, 1.82) is 0 Å². The van der Waals surface area contributed by atoms with E-state index in [9.17, 15) is 9.90 Å². The highest BCUT2D eigenvalue weighted by atomic mass is 16.5. The molecule has 1 aromatic rings. The number of esters is 1. The number of carbonyl (C=O) groups excluding carboxylic acids is 1. The van der Waals surface area contributed by atoms with E-state index in [2.05, 4.69) is 26.0 Å². The van der Waals surface area contributed by atoms with Crippen LogP contribution in [0.5, 0.6) is 0 Å². The average molecular weight is 385 g/mol. The number of allylic oxidation sites excluding steroid dienone is 2. The maximum Gasteiger partial charge on any atom is 0.338 e. The van der Waals surface area contributed by atoms with Gasteiger partial charge in [-0.15, -0.1) is 0 Å². The van der Waals surface area contributed by atoms with E-state index in [1.807, 2.05) is 18.2 Å². The molecule has 0 radical (unpaired) electrons. The molecular weight excluding hydrogens is 352 g/mol. The Kier molecular flexibility index (Phi) is 6.29. The van der Waals surface area contributed by atoms with Crippen LogP contribution in [0, 0.1) is 11.3 Å². The van der Waals surface area contributed by atoms with Crippen molar-refractivity contribution in [3.8, 4) is 0 Å². The van der Waals surface area contributed by atoms with E-state index in [0.717, 1.165) is 50.0 Å². The van der Waals surface area contributed by atoms with Crippen molar-refractivity contribution in [2.45, 2.75) is 58.5 Å². The minimum atomic E-state index is -0.970. The second-order valence-corrected chi connectivity index (χ2v) is 8.13. The highest BCUT2D eigenvalue weighted by Gasteiger charge is 2.58. The van der Waals surface area contributed by atoms with E-state index in [1.165, 1.54) is 0 Å². The predicted octanol–water partition coefficient (Wildman–Crippen LogP) is 5.13. The third-order valence-corrected chi connectivity index (χ3v) is 6.13. The monoisotopic (exact) mass is 384 g/mol. The molecule has 2 aliphatic carbocycles. The molecule has 0 spiro atoms. The Balaban J connectivity index is 1.79. The number of hydrogen-bond donors (Lipinski definition) is 1. The van der Waals surface area contributed by atoms with Gasteiger partial charge in [0.2, 0.25) is 0 Å². The summed E-state index contributed by atoms with van der Waals surface area (Å²) in [6.45, 7) is 7.17. The van der Waals surface area contributed by atoms with E-state index in [-0.39, 0.29) is 17.3 Å². The summed E-state index contributed by atoms with van der Waals surface area (Å²) in [6.07, 6.45) is 11.1. The Morgan fingerprint density at radius 3 is 2.50 bits per heavy atom. The smallest absolute Gasteiger partial charge is 0.338 e. The zero-order valence-corrected chi connectivity index (χ0v) is 17.2. The lowest BCUT2D eigenvalue weighted by Gasteiger charge is -2.41. The van der Waals surface area contributed by atoms with Crippen molar-refractivity contribution in [3.63, 3.8) is 0 Å². The van der Waals surface area contributed by atoms with Crippen molar-refractivity contribution < 1.29 is 19.4 Å². The van der Waals surface area contributed by atoms with Crippen LogP contribution in [0.1, 0.15) is 68.8 Å². The van der Waals surface area contributed by atoms with E-state index >= 15 is 0 Å². The summed E-state index contributed by atoms with van der Waals surface area (Å²) < 4.78 is 10.9. The molecule has 2 aliphatic rings. The summed E-state index contributed by atoms with van der Waals surface area (Å²) in [6, 6.07) is 7.26. The molecule has 0 aromatic heterocycles. The second kappa shape index (κ2) is 8.52. The number of rotatable bonds is 9. The highest BCUT2D eigenvalue weighted by molar-refractivity contribution is 5.89. The molecule has 0 bridgehead atoms. The van der Waals surface area contributed by atoms with Crippen LogP contribution in [0.15, 0.2) is 48.3 Å². The molecule has 4 heteroatoms. The standard InChI is InChI=1S/C24H32O4/c1-4-6-17-28-21-13-11-20(12-14-21)24(26,23(3)15-16-23)19-9-7-18(8-10-19)22(25)27-5-2/h7-11,13-14,20,26H,4-6,12,15-17H2,1-3H3. The van der Waals surface area contributed by atoms with Crippen LogP contribution in [0.25, 0.3) is 0 Å². The van der Waals surface area contributed by atoms with Crippen LogP contribution >= 0.6 is 0 Å². The minimum absolute atomic E-state index is 0.0213. The van der Waals surface area contributed by atoms with Gasteiger partial charge < -0.3 is 14.6 Å². The first-order valence-electron chi connectivity index (χ1n) is 10.5. The fraction of sp³-hybridized carbons (Fsp3) is 0.542. The van der Waals surface area contributed by atoms with Crippen LogP contribution in [0.2, 0.25) is 0 Å². The molecule has 28 heavy (non-hydrogen) atoms. The third kappa shape index (κ3) is 4.02. The largest absolute Gasteiger partial charge is 0.494 e. The Morgan fingerprint density at radius 2 is 1.96 bits per heavy atom. The quantitative estimate of drug-likeness (QED) is 0.474. The molecule has 1 saturated carbocycles. The van der Waals surface area contributed by atoms with Gasteiger partial charge in [0.1, 0.15) is 11.4 Å². The van der Waals surface area contributed by atoms with Crippen LogP contribution in [-0.4, -0.2) is 24.3 Å². The van der Waals surface area contributed by atoms with E-state index in [0.29, 0.717) is 12.2 Å². The lowest BCUT2D eigenvalue weighted by Crippen LogP contribution is -2.42. The van der Waals surface area contributed by atoms with E-state index < -0.39 is 5.60 Å². The number of aliphatic hydroxyl groups is 1. The Bertz CT molecular complexity index is 742. The second-order valence-electron chi connectivity index (χ2n) is 8.13. The minimum Gasteiger partial charge on any atom is -0.494 e. The molecular formula is C24H32O4. The number of unbranched alkanes of at least 4 members (excludes halogenated alkanes) is 1. The van der Waals surface area contributed by atoms with Gasteiger partial charge in [0.25, 0.3) is 0 Å². The predicted molar refractivity (Wildman–Crippen MR) is 110 cm³/mol. The topological polar surface area (TPSA) is 55.8 Å². The van der Waals surface area contributed by atoms with Gasteiger partial charge >= 0.3 is 5.97 Å². The Morgan fingerprint density at radius 1 is 1.25 bits per heavy atom. The van der Waals surface area contributed by atoms with Gasteiger partial charge in [0.15, 0.2) is 0 Å². The van der Waals surface area contributed by atoms with E-state index in [1.54, 1.807) is 19.1 Å². The van der Waals surface area contributed by atoms with Gasteiger partial charge in [-0.2, -0.15) is 0 Å². The molecule has 0 aliphatic heterocycles. The zero-order valence-electron chi connectivity index (χ0n) is 17.2. The maximum atomic E-state index is 11.9. The number of carbonyl (C=O) groups is 1. The maximum absolute atomic E-state index is 11.9. The Labute approximate surface area is 168 Å². The molecule has 0 amide bonds. The molecule has 1 N–H and O–H groups in total. The lowest BCUT2D eigenvalue weighted by molar-refractivity contribution is -0.0686. The molecule has 152 valence electrons. The summed E-state index contributed by atoms with van der Waals surface area (Å²) in [4.78, 5) is 11.9. The van der Waals surface area contributed by atoms with Crippen molar-refractivity contribution in [2.24, 2.45) is 11.3 Å². The van der Waals surface area contributed by atoms with Crippen LogP contribution in [-0.2, 0) is 15.1 Å². The molecule has 2 unspecified atom stereocenters. The number of hydrogen-bond acceptors (Lipinski definition) is 4. The highest BCUT2D eigenvalue weighted by Crippen LogP contribution is 2.62. The fourth-order valence-corrected chi connectivity index (χ4v) is 4.01. The summed E-state index contributed by atoms with van der Waals surface area (Å²) in [7, 11) is 0. The van der Waals surface area contributed by atoms with Crippen LogP contribution in [0.3, 0.4) is 0 Å². The zero-order chi connectivity index (χ0) is 20.2. The normalized spacial score (nSPS) is 22.1. The van der Waals surface area contributed by atoms with Crippen molar-refractivity contribution in [2.75, 3.05) is 13.2 Å². The SMILES string of the molecule is CCCCOC1=CCC(C(O)(c2ccc(C(=O)OCC)cc2)C2(C)CC2)C=C1. The lowest BCUT2D eigenvalue weighted by atomic mass is 9.68. The van der Waals surface area contributed by atoms with Gasteiger partial charge in [-0.1, -0.05) is 38.5 Å². The van der Waals surface area contributed by atoms with Crippen LogP contribution < -0.4 is 0 Å². The average Bonchev–Trinajstić information content (AvgIpc) is 3.47. The first-order valence-corrected chi connectivity index (χ1v) is 10.5. The molecule has 3 rings (SSSR count). The molecule has 1 aromatic carbocycles. The van der Waals surface area contributed by atoms with Crippen molar-refractivity contribution >= 4 is 5.97 Å². The van der Waals surface area contributed by atoms with Gasteiger partial charge in [-0.3, -0.25) is 0 Å². The van der Waals surface area contributed by atoms with Gasteiger partial charge in [-0.05, 0) is 62.5 Å². The first-order chi connectivity index (χ1) is 13.4. The molecule has 0 heterocycles. The molecule has 4 nitrogen and oxygen atoms in total. The first kappa shape index (κ1) is 20.7. The Hall–Kier alpha value is -2.07. The van der Waals surface area contributed by atoms with Crippen molar-refractivity contribution in [1.82, 2.24) is 0 Å². The van der Waals surface area contributed by atoms with Gasteiger partial charge in [0.05, 0.1) is 18.8 Å². The summed E-state index contributed by atoms with van der Waals surface area (Å²) in [5.41, 5.74) is 0.253. The molecule has 1 fully saturated rings. The van der Waals surface area contributed by atoms with E-state index in [4.69, 9.17) is 9.47 Å². The van der Waals surface area contributed by atoms with Gasteiger partial charge in [0, 0.05) is 11.3 Å². The summed E-state index contributed by atoms with van der Waals surface area (Å²) >= 11 is 0. The van der Waals surface area contributed by atoms with Crippen LogP contribution in [0.4, 0.5) is 0 Å².